The number of aromatic amines is 2. The van der Waals surface area contributed by atoms with Crippen LogP contribution in [0.2, 0.25) is 0 Å². The highest BCUT2D eigenvalue weighted by Crippen LogP contribution is 2.03. The Morgan fingerprint density at radius 3 is 2.23 bits per heavy atom. The van der Waals surface area contributed by atoms with Gasteiger partial charge in [0.05, 0.1) is 16.9 Å². The number of nitrogens with two attached hydrogens (primary N) is 1. The molecule has 0 spiro atoms. The number of carbonyl (C=O) groups is 2. The number of nitrogens with one attached hydrogen (secondary N) is 2. The molecule has 9 nitrogen and oxygen atoms in total. The van der Waals surface area contributed by atoms with Crippen molar-refractivity contribution >= 4 is 40.3 Å². The molecule has 0 atom stereocenters. The summed E-state index contributed by atoms with van der Waals surface area (Å²) >= 11 is 2.04. The Kier molecular flexibility index (Phi) is 7.36. The summed E-state index contributed by atoms with van der Waals surface area (Å²) in [6, 6.07) is 3.07. The van der Waals surface area contributed by atoms with Crippen molar-refractivity contribution < 1.29 is 19.1 Å². The Labute approximate surface area is 140 Å². The number of rotatable bonds is 4. The highest BCUT2D eigenvalue weighted by Gasteiger charge is 2.09. The van der Waals surface area contributed by atoms with E-state index in [1.807, 2.05) is 22.6 Å². The first kappa shape index (κ1) is 17.9. The fourth-order valence-corrected chi connectivity index (χ4v) is 1.67. The van der Waals surface area contributed by atoms with E-state index in [2.05, 4.69) is 25.1 Å². The van der Waals surface area contributed by atoms with Crippen LogP contribution in [-0.2, 0) is 9.47 Å². The fraction of sp³-hybridized carbons (Fsp3) is 0.333. The molecule has 0 radical (unpaired) electrons. The third-order valence-electron chi connectivity index (χ3n) is 2.12. The van der Waals surface area contributed by atoms with E-state index in [1.165, 1.54) is 6.07 Å². The first-order chi connectivity index (χ1) is 10.5. The third-order valence-corrected chi connectivity index (χ3v) is 2.68. The Hall–Kier alpha value is -2.11. The minimum Gasteiger partial charge on any atom is -0.461 e. The lowest BCUT2D eigenvalue weighted by atomic mass is 10.4. The first-order valence-electron chi connectivity index (χ1n) is 6.33. The molecule has 0 bridgehead atoms. The number of nitrogen functional groups attached to an aromatic ring is 1. The van der Waals surface area contributed by atoms with E-state index in [4.69, 9.17) is 10.5 Å². The lowest BCUT2D eigenvalue weighted by molar-refractivity contribution is 0.0510. The number of carbonyl (C=O) groups excluding carboxylic acids is 2. The van der Waals surface area contributed by atoms with Crippen LogP contribution in [-0.4, -0.2) is 45.5 Å². The van der Waals surface area contributed by atoms with Gasteiger partial charge in [0, 0.05) is 12.1 Å². The molecule has 0 amide bonds. The second kappa shape index (κ2) is 9.02. The normalized spacial score (nSPS) is 9.59. The largest absolute Gasteiger partial charge is 0.461 e. The molecule has 120 valence electrons. The number of hydrogen-bond donors (Lipinski definition) is 3. The maximum atomic E-state index is 10.9. The molecule has 0 aliphatic carbocycles. The van der Waals surface area contributed by atoms with Crippen LogP contribution in [0.3, 0.4) is 0 Å². The zero-order valence-corrected chi connectivity index (χ0v) is 14.2. The van der Waals surface area contributed by atoms with Crippen LogP contribution < -0.4 is 5.73 Å². The van der Waals surface area contributed by atoms with Crippen molar-refractivity contribution in [2.24, 2.45) is 0 Å². The molecule has 2 aromatic rings. The monoisotopic (exact) mass is 421 g/mol. The molecule has 2 rings (SSSR count). The van der Waals surface area contributed by atoms with Gasteiger partial charge in [-0.3, -0.25) is 10.2 Å². The average Bonchev–Trinajstić information content (AvgIpc) is 3.09. The first-order valence-corrected chi connectivity index (χ1v) is 7.41. The second-order valence-electron chi connectivity index (χ2n) is 3.75. The van der Waals surface area contributed by atoms with Crippen molar-refractivity contribution in [3.63, 3.8) is 0 Å². The Morgan fingerprint density at radius 2 is 1.77 bits per heavy atom. The summed E-state index contributed by atoms with van der Waals surface area (Å²) in [5, 5.41) is 12.4. The van der Waals surface area contributed by atoms with Crippen molar-refractivity contribution in [2.75, 3.05) is 18.9 Å². The smallest absolute Gasteiger partial charge is 0.358 e. The number of halogens is 1. The molecule has 4 N–H and O–H groups in total. The Balaban J connectivity index is 0.000000220. The molecular weight excluding hydrogens is 405 g/mol. The topological polar surface area (TPSA) is 136 Å². The summed E-state index contributed by atoms with van der Waals surface area (Å²) in [6.45, 7) is 4.22. The van der Waals surface area contributed by atoms with Gasteiger partial charge >= 0.3 is 11.9 Å². The minimum absolute atomic E-state index is 0.282. The molecule has 0 aromatic carbocycles. The number of aromatic nitrogens is 4. The maximum Gasteiger partial charge on any atom is 0.358 e. The van der Waals surface area contributed by atoms with Gasteiger partial charge in [-0.15, -0.1) is 0 Å². The summed E-state index contributed by atoms with van der Waals surface area (Å²) in [5.74, 6) is -0.531. The number of H-pyrrole nitrogens is 2. The number of ether oxygens (including phenoxy) is 2. The van der Waals surface area contributed by atoms with Crippen molar-refractivity contribution in [3.05, 3.63) is 27.2 Å². The van der Waals surface area contributed by atoms with Crippen LogP contribution in [0.15, 0.2) is 12.1 Å². The number of hydrogen-bond acceptors (Lipinski definition) is 7. The van der Waals surface area contributed by atoms with Gasteiger partial charge in [0.15, 0.2) is 5.69 Å². The number of esters is 2. The molecule has 0 fully saturated rings. The summed E-state index contributed by atoms with van der Waals surface area (Å²) in [5.41, 5.74) is 5.87. The lowest BCUT2D eigenvalue weighted by Gasteiger charge is -1.95. The van der Waals surface area contributed by atoms with Crippen LogP contribution in [0.4, 0.5) is 5.82 Å². The molecule has 0 saturated heterocycles. The number of anilines is 1. The van der Waals surface area contributed by atoms with E-state index in [0.717, 1.165) is 3.70 Å². The minimum atomic E-state index is -0.434. The third kappa shape index (κ3) is 5.71. The van der Waals surface area contributed by atoms with E-state index in [1.54, 1.807) is 19.9 Å². The molecule has 10 heteroatoms. The second-order valence-corrected chi connectivity index (χ2v) is 4.91. The van der Waals surface area contributed by atoms with Crippen molar-refractivity contribution in [2.45, 2.75) is 13.8 Å². The Bertz CT molecular complexity index is 570. The van der Waals surface area contributed by atoms with E-state index < -0.39 is 5.97 Å². The van der Waals surface area contributed by atoms with Gasteiger partial charge < -0.3 is 15.2 Å². The quantitative estimate of drug-likeness (QED) is 0.501. The van der Waals surface area contributed by atoms with E-state index >= 15 is 0 Å². The number of nitrogens with zero attached hydrogens (tertiary/aromatic N) is 2. The lowest BCUT2D eigenvalue weighted by Crippen LogP contribution is -2.04. The van der Waals surface area contributed by atoms with Crippen molar-refractivity contribution in [1.29, 1.82) is 0 Å². The molecular formula is C12H16IN5O4. The Morgan fingerprint density at radius 1 is 1.14 bits per heavy atom. The van der Waals surface area contributed by atoms with Crippen LogP contribution in [0.1, 0.15) is 34.8 Å². The van der Waals surface area contributed by atoms with Crippen LogP contribution in [0.5, 0.6) is 0 Å². The molecule has 0 aliphatic heterocycles. The SMILES string of the molecule is CCOC(=O)c1cc(I)[nH]n1.CCOC(=O)c1cc(N)n[nH]1. The van der Waals surface area contributed by atoms with E-state index in [-0.39, 0.29) is 17.5 Å². The van der Waals surface area contributed by atoms with Gasteiger partial charge in [-0.25, -0.2) is 9.59 Å². The predicted molar refractivity (Wildman–Crippen MR) is 86.2 cm³/mol. The fourth-order valence-electron chi connectivity index (χ4n) is 1.26. The van der Waals surface area contributed by atoms with Crippen LogP contribution in [0.25, 0.3) is 0 Å². The summed E-state index contributed by atoms with van der Waals surface area (Å²) in [7, 11) is 0. The van der Waals surface area contributed by atoms with Crippen molar-refractivity contribution in [3.8, 4) is 0 Å². The zero-order valence-electron chi connectivity index (χ0n) is 12.1. The zero-order chi connectivity index (χ0) is 16.5. The summed E-state index contributed by atoms with van der Waals surface area (Å²) in [4.78, 5) is 21.9. The summed E-state index contributed by atoms with van der Waals surface area (Å²) in [6.07, 6.45) is 0. The van der Waals surface area contributed by atoms with Gasteiger partial charge in [-0.1, -0.05) is 0 Å². The average molecular weight is 421 g/mol. The summed E-state index contributed by atoms with van der Waals surface area (Å²) < 4.78 is 10.2. The molecule has 2 aromatic heterocycles. The van der Waals surface area contributed by atoms with Gasteiger partial charge in [0.2, 0.25) is 0 Å². The van der Waals surface area contributed by atoms with Gasteiger partial charge in [-0.05, 0) is 36.4 Å². The van der Waals surface area contributed by atoms with Gasteiger partial charge in [-0.2, -0.15) is 10.2 Å². The van der Waals surface area contributed by atoms with E-state index in [9.17, 15) is 9.59 Å². The standard InChI is InChI=1S/C6H7IN2O2.C6H9N3O2/c2*1-2-11-6(10)4-3-5(7)9-8-4/h3H,2H2,1H3,(H,8,9);3H,2H2,1H3,(H3,7,8,9). The highest BCUT2D eigenvalue weighted by molar-refractivity contribution is 14.1. The molecule has 0 aliphatic rings. The van der Waals surface area contributed by atoms with Crippen LogP contribution >= 0.6 is 22.6 Å². The van der Waals surface area contributed by atoms with Crippen LogP contribution in [0, 0.1) is 3.70 Å². The predicted octanol–water partition coefficient (Wildman–Crippen LogP) is 1.36. The molecule has 0 unspecified atom stereocenters. The highest BCUT2D eigenvalue weighted by atomic mass is 127. The molecule has 22 heavy (non-hydrogen) atoms. The molecule has 0 saturated carbocycles. The van der Waals surface area contributed by atoms with Gasteiger partial charge in [0.1, 0.15) is 11.5 Å². The van der Waals surface area contributed by atoms with Crippen molar-refractivity contribution in [1.82, 2.24) is 20.4 Å². The maximum absolute atomic E-state index is 10.9. The molecule has 2 heterocycles. The van der Waals surface area contributed by atoms with E-state index in [0.29, 0.717) is 18.9 Å². The van der Waals surface area contributed by atoms with Gasteiger partial charge in [0.25, 0.3) is 0 Å².